The van der Waals surface area contributed by atoms with Crippen molar-refractivity contribution in [3.63, 3.8) is 0 Å². The number of amides is 1. The number of hydrogen-bond donors (Lipinski definition) is 2. The Morgan fingerprint density at radius 3 is 2.88 bits per heavy atom. The highest BCUT2D eigenvalue weighted by atomic mass is 35.5. The summed E-state index contributed by atoms with van der Waals surface area (Å²) >= 11 is 6.54. The van der Waals surface area contributed by atoms with Gasteiger partial charge in [-0.1, -0.05) is 35.9 Å². The van der Waals surface area contributed by atoms with Crippen LogP contribution in [0.5, 0.6) is 0 Å². The third kappa shape index (κ3) is 5.41. The minimum atomic E-state index is -0.236. The van der Waals surface area contributed by atoms with E-state index in [0.29, 0.717) is 30.6 Å². The van der Waals surface area contributed by atoms with Crippen LogP contribution in [0.3, 0.4) is 0 Å². The Balaban J connectivity index is 1.50. The molecule has 170 valence electrons. The summed E-state index contributed by atoms with van der Waals surface area (Å²) in [4.78, 5) is 15.6. The van der Waals surface area contributed by atoms with Gasteiger partial charge in [-0.2, -0.15) is 0 Å². The zero-order valence-corrected chi connectivity index (χ0v) is 19.5. The van der Waals surface area contributed by atoms with Gasteiger partial charge in [-0.05, 0) is 54.9 Å². The molecule has 0 spiro atoms. The van der Waals surface area contributed by atoms with E-state index in [9.17, 15) is 4.79 Å². The van der Waals surface area contributed by atoms with E-state index in [4.69, 9.17) is 22.1 Å². The molecule has 1 unspecified atom stereocenters. The highest BCUT2D eigenvalue weighted by Gasteiger charge is 2.36. The van der Waals surface area contributed by atoms with Gasteiger partial charge in [-0.3, -0.25) is 10.1 Å². The molecule has 1 aliphatic carbocycles. The molecule has 1 fully saturated rings. The monoisotopic (exact) mass is 454 g/mol. The maximum atomic E-state index is 13.6. The van der Waals surface area contributed by atoms with Gasteiger partial charge in [0.15, 0.2) is 0 Å². The third-order valence-corrected chi connectivity index (χ3v) is 6.77. The summed E-state index contributed by atoms with van der Waals surface area (Å²) in [5, 5.41) is 2.82. The lowest BCUT2D eigenvalue weighted by atomic mass is 9.93. The predicted molar refractivity (Wildman–Crippen MR) is 129 cm³/mol. The van der Waals surface area contributed by atoms with Crippen LogP contribution < -0.4 is 11.1 Å². The Kier molecular flexibility index (Phi) is 7.63. The Hall–Kier alpha value is -2.18. The first-order chi connectivity index (χ1) is 15.6. The molecule has 0 radical (unpaired) electrons. The number of rotatable bonds is 11. The lowest BCUT2D eigenvalue weighted by molar-refractivity contribution is -0.491. The number of aryl methyl sites for hydroxylation is 1. The van der Waals surface area contributed by atoms with E-state index in [1.807, 2.05) is 11.0 Å². The van der Waals surface area contributed by atoms with Crippen molar-refractivity contribution in [2.45, 2.75) is 44.7 Å². The Morgan fingerprint density at radius 1 is 1.28 bits per heavy atom. The van der Waals surface area contributed by atoms with E-state index < -0.39 is 0 Å². The maximum Gasteiger partial charge on any atom is 0.227 e. The van der Waals surface area contributed by atoms with Crippen LogP contribution in [0.1, 0.15) is 41.5 Å². The number of ether oxygens (including phenoxy) is 1. The van der Waals surface area contributed by atoms with E-state index in [2.05, 4.69) is 47.9 Å². The van der Waals surface area contributed by atoms with Crippen LogP contribution in [-0.2, 0) is 28.9 Å². The van der Waals surface area contributed by atoms with Gasteiger partial charge in [-0.15, -0.1) is 0 Å². The summed E-state index contributed by atoms with van der Waals surface area (Å²) in [6.07, 6.45) is 8.83. The molecule has 4 rings (SSSR count). The molecule has 0 saturated heterocycles. The van der Waals surface area contributed by atoms with Gasteiger partial charge in [0, 0.05) is 55.6 Å². The molecule has 1 atom stereocenters. The minimum Gasteiger partial charge on any atom is -0.385 e. The van der Waals surface area contributed by atoms with Crippen molar-refractivity contribution in [1.29, 1.82) is 0 Å². The summed E-state index contributed by atoms with van der Waals surface area (Å²) in [5.41, 5.74) is 12.0. The molecule has 6 heteroatoms. The summed E-state index contributed by atoms with van der Waals surface area (Å²) in [6.45, 7) is 1.61. The van der Waals surface area contributed by atoms with Crippen LogP contribution in [0.15, 0.2) is 42.6 Å². The van der Waals surface area contributed by atoms with Crippen LogP contribution >= 0.6 is 11.6 Å². The van der Waals surface area contributed by atoms with Crippen molar-refractivity contribution >= 4 is 29.3 Å². The topological polar surface area (TPSA) is 72.2 Å². The third-order valence-electron chi connectivity index (χ3n) is 6.40. The smallest absolute Gasteiger partial charge is 0.227 e. The molecular formula is C26H33ClN3O2+. The number of methoxy groups -OCH3 is 1. The molecule has 1 aliphatic heterocycles. The summed E-state index contributed by atoms with van der Waals surface area (Å²) in [6, 6.07) is 12.7. The Labute approximate surface area is 195 Å². The van der Waals surface area contributed by atoms with Gasteiger partial charge in [0.2, 0.25) is 5.91 Å². The average Bonchev–Trinajstić information content (AvgIpc) is 3.52. The predicted octanol–water partition coefficient (Wildman–Crippen LogP) is 3.41. The first kappa shape index (κ1) is 23.0. The van der Waals surface area contributed by atoms with Crippen LogP contribution in [0.2, 0.25) is 5.02 Å². The molecule has 32 heavy (non-hydrogen) atoms. The second-order valence-corrected chi connectivity index (χ2v) is 9.21. The molecule has 4 N–H and O–H groups in total. The first-order valence-corrected chi connectivity index (χ1v) is 11.9. The number of benzene rings is 2. The van der Waals surface area contributed by atoms with Crippen LogP contribution in [-0.4, -0.2) is 37.1 Å². The van der Waals surface area contributed by atoms with E-state index in [0.717, 1.165) is 37.9 Å². The van der Waals surface area contributed by atoms with Gasteiger partial charge in [-0.25, -0.2) is 0 Å². The van der Waals surface area contributed by atoms with Gasteiger partial charge >= 0.3 is 0 Å². The van der Waals surface area contributed by atoms with Crippen molar-refractivity contribution in [2.75, 3.05) is 20.3 Å². The van der Waals surface area contributed by atoms with E-state index in [1.165, 1.54) is 22.4 Å². The molecule has 1 heterocycles. The van der Waals surface area contributed by atoms with E-state index in [1.54, 1.807) is 7.11 Å². The molecule has 0 aromatic heterocycles. The molecule has 2 aromatic rings. The Bertz CT molecular complexity index is 987. The largest absolute Gasteiger partial charge is 0.385 e. The number of nitrogens with two attached hydrogens (primary N) is 2. The van der Waals surface area contributed by atoms with Gasteiger partial charge in [0.05, 0.1) is 12.1 Å². The standard InChI is InChI=1S/C26H32ClN3O2/c1-32-13-3-4-18-7-10-24(27)21(14-18)17-30(22-8-9-22)26(31)20(16-28)15-19-5-2-6-25-23(19)11-12-29-25/h2,5-7,10-12,14,20,22,29H,3-4,8-9,13,15-17,28H2,1H3/p+1. The number of fused-ring (bicyclic) bond motifs is 1. The normalized spacial score (nSPS) is 15.6. The molecule has 2 aromatic carbocycles. The van der Waals surface area contributed by atoms with Crippen LogP contribution in [0, 0.1) is 5.92 Å². The number of hydrogen-bond acceptors (Lipinski definition) is 3. The van der Waals surface area contributed by atoms with E-state index in [-0.39, 0.29) is 11.8 Å². The molecule has 1 amide bonds. The van der Waals surface area contributed by atoms with Crippen molar-refractivity contribution < 1.29 is 14.8 Å². The minimum absolute atomic E-state index is 0.138. The van der Waals surface area contributed by atoms with Crippen LogP contribution in [0.25, 0.3) is 6.08 Å². The quantitative estimate of drug-likeness (QED) is 0.403. The van der Waals surface area contributed by atoms with Gasteiger partial charge in [0.25, 0.3) is 0 Å². The van der Waals surface area contributed by atoms with Crippen molar-refractivity contribution in [2.24, 2.45) is 11.7 Å². The second-order valence-electron chi connectivity index (χ2n) is 8.80. The lowest BCUT2D eigenvalue weighted by Gasteiger charge is -2.28. The summed E-state index contributed by atoms with van der Waals surface area (Å²) in [7, 11) is 1.72. The fourth-order valence-corrected chi connectivity index (χ4v) is 4.64. The van der Waals surface area contributed by atoms with Crippen LogP contribution in [0.4, 0.5) is 5.69 Å². The number of carbonyl (C=O) groups excluding carboxylic acids is 1. The number of nitrogens with zero attached hydrogens (tertiary/aromatic N) is 1. The average molecular weight is 455 g/mol. The molecular weight excluding hydrogens is 422 g/mol. The number of carbonyl (C=O) groups is 1. The molecule has 1 saturated carbocycles. The van der Waals surface area contributed by atoms with Gasteiger partial charge in [0.1, 0.15) is 5.69 Å². The second kappa shape index (κ2) is 10.6. The van der Waals surface area contributed by atoms with Crippen molar-refractivity contribution in [3.8, 4) is 0 Å². The summed E-state index contributed by atoms with van der Waals surface area (Å²) in [5.74, 6) is -0.0980. The molecule has 2 aliphatic rings. The maximum absolute atomic E-state index is 13.6. The van der Waals surface area contributed by atoms with E-state index >= 15 is 0 Å². The first-order valence-electron chi connectivity index (χ1n) is 11.5. The summed E-state index contributed by atoms with van der Waals surface area (Å²) < 4.78 is 5.17. The number of quaternary nitrogens is 1. The van der Waals surface area contributed by atoms with Gasteiger partial charge < -0.3 is 15.4 Å². The Morgan fingerprint density at radius 2 is 2.12 bits per heavy atom. The van der Waals surface area contributed by atoms with Crippen molar-refractivity contribution in [3.05, 3.63) is 69.9 Å². The highest BCUT2D eigenvalue weighted by molar-refractivity contribution is 6.31. The fraction of sp³-hybridized carbons (Fsp3) is 0.423. The molecule has 0 bridgehead atoms. The SMILES string of the molecule is COCCCc1ccc(Cl)c(CN(C(=O)C(CN)Cc2cccc3c2C=C[NH2+]3)C2CC2)c1. The van der Waals surface area contributed by atoms with Crippen molar-refractivity contribution in [1.82, 2.24) is 4.90 Å². The fourth-order valence-electron chi connectivity index (χ4n) is 4.46. The molecule has 5 nitrogen and oxygen atoms in total. The zero-order chi connectivity index (χ0) is 22.5. The highest BCUT2D eigenvalue weighted by Crippen LogP contribution is 2.32. The number of halogens is 1. The lowest BCUT2D eigenvalue weighted by Crippen LogP contribution is -2.69. The zero-order valence-electron chi connectivity index (χ0n) is 18.7.